The van der Waals surface area contributed by atoms with Gasteiger partial charge in [0.25, 0.3) is 5.91 Å². The molecule has 2 aliphatic heterocycles. The molecule has 1 aromatic carbocycles. The third-order valence-electron chi connectivity index (χ3n) is 5.56. The topological polar surface area (TPSA) is 94.6 Å². The Balaban J connectivity index is 1.39. The van der Waals surface area contributed by atoms with Gasteiger partial charge in [-0.15, -0.1) is 0 Å². The van der Waals surface area contributed by atoms with Crippen LogP contribution in [-0.2, 0) is 15.1 Å². The van der Waals surface area contributed by atoms with E-state index in [0.29, 0.717) is 31.9 Å². The molecule has 156 valence electrons. The van der Waals surface area contributed by atoms with Crippen LogP contribution >= 0.6 is 0 Å². The second kappa shape index (κ2) is 8.10. The van der Waals surface area contributed by atoms with Gasteiger partial charge >= 0.3 is 6.03 Å². The van der Waals surface area contributed by atoms with Crippen molar-refractivity contribution in [2.45, 2.75) is 18.4 Å². The Bertz CT molecular complexity index is 962. The predicted molar refractivity (Wildman–Crippen MR) is 107 cm³/mol. The molecule has 3 heterocycles. The molecule has 4 rings (SSSR count). The summed E-state index contributed by atoms with van der Waals surface area (Å²) in [6, 6.07) is 10.9. The smallest absolute Gasteiger partial charge is 0.322 e. The average Bonchev–Trinajstić information content (AvgIpc) is 3.06. The summed E-state index contributed by atoms with van der Waals surface area (Å²) >= 11 is 0. The van der Waals surface area contributed by atoms with E-state index in [1.165, 1.54) is 12.1 Å². The van der Waals surface area contributed by atoms with Gasteiger partial charge in [-0.05, 0) is 36.8 Å². The second-order valence-electron chi connectivity index (χ2n) is 7.38. The van der Waals surface area contributed by atoms with Crippen LogP contribution in [0.15, 0.2) is 48.7 Å². The molecule has 1 aromatic heterocycles. The molecule has 2 aromatic rings. The van der Waals surface area contributed by atoms with Crippen molar-refractivity contribution in [1.29, 1.82) is 0 Å². The molecule has 2 saturated heterocycles. The zero-order chi connectivity index (χ0) is 21.1. The standard InChI is InChI=1S/C21H22FN5O3/c22-15-4-3-5-16(14-15)26-10-12-27(13-11-26)18(28)7-8-21(17-6-1-2-9-23-17)19(29)24-20(30)25-21/h1-6,9,14H,7-8,10-13H2,(H2,24,25,29,30)/t21-/m0/s1. The van der Waals surface area contributed by atoms with Gasteiger partial charge in [-0.25, -0.2) is 9.18 Å². The maximum absolute atomic E-state index is 13.5. The summed E-state index contributed by atoms with van der Waals surface area (Å²) < 4.78 is 13.5. The summed E-state index contributed by atoms with van der Waals surface area (Å²) in [4.78, 5) is 45.1. The average molecular weight is 411 g/mol. The summed E-state index contributed by atoms with van der Waals surface area (Å²) in [5.74, 6) is -0.893. The molecule has 2 N–H and O–H groups in total. The van der Waals surface area contributed by atoms with Crippen molar-refractivity contribution in [2.75, 3.05) is 31.1 Å². The molecule has 30 heavy (non-hydrogen) atoms. The number of aromatic nitrogens is 1. The number of imide groups is 1. The van der Waals surface area contributed by atoms with E-state index in [-0.39, 0.29) is 24.6 Å². The fourth-order valence-corrected chi connectivity index (χ4v) is 3.93. The third-order valence-corrected chi connectivity index (χ3v) is 5.56. The zero-order valence-electron chi connectivity index (χ0n) is 16.3. The highest BCUT2D eigenvalue weighted by Crippen LogP contribution is 2.29. The Morgan fingerprint density at radius 3 is 2.53 bits per heavy atom. The number of hydrogen-bond donors (Lipinski definition) is 2. The molecule has 9 heteroatoms. The van der Waals surface area contributed by atoms with Crippen LogP contribution in [-0.4, -0.2) is 53.9 Å². The number of nitrogens with one attached hydrogen (secondary N) is 2. The van der Waals surface area contributed by atoms with Crippen molar-refractivity contribution in [1.82, 2.24) is 20.5 Å². The number of amides is 4. The number of hydrogen-bond acceptors (Lipinski definition) is 5. The lowest BCUT2D eigenvalue weighted by molar-refractivity contribution is -0.132. The summed E-state index contributed by atoms with van der Waals surface area (Å²) in [6.45, 7) is 2.20. The van der Waals surface area contributed by atoms with Crippen LogP contribution in [0.3, 0.4) is 0 Å². The van der Waals surface area contributed by atoms with Gasteiger partial charge in [0, 0.05) is 44.5 Å². The molecule has 0 saturated carbocycles. The first-order chi connectivity index (χ1) is 14.5. The summed E-state index contributed by atoms with van der Waals surface area (Å²) in [6.07, 6.45) is 1.75. The number of nitrogens with zero attached hydrogens (tertiary/aromatic N) is 3. The van der Waals surface area contributed by atoms with E-state index in [1.54, 1.807) is 35.4 Å². The highest BCUT2D eigenvalue weighted by atomic mass is 19.1. The highest BCUT2D eigenvalue weighted by molar-refractivity contribution is 6.07. The molecule has 4 amide bonds. The van der Waals surface area contributed by atoms with Crippen LogP contribution in [0.25, 0.3) is 0 Å². The number of rotatable bonds is 5. The van der Waals surface area contributed by atoms with Gasteiger partial charge in [0.05, 0.1) is 5.69 Å². The Morgan fingerprint density at radius 1 is 1.10 bits per heavy atom. The minimum atomic E-state index is -1.35. The Morgan fingerprint density at radius 2 is 1.90 bits per heavy atom. The third kappa shape index (κ3) is 3.83. The molecule has 0 unspecified atom stereocenters. The molecule has 8 nitrogen and oxygen atoms in total. The van der Waals surface area contributed by atoms with Crippen molar-refractivity contribution in [2.24, 2.45) is 0 Å². The van der Waals surface area contributed by atoms with E-state index in [4.69, 9.17) is 0 Å². The largest absolute Gasteiger partial charge is 0.368 e. The number of anilines is 1. The van der Waals surface area contributed by atoms with E-state index in [0.717, 1.165) is 5.69 Å². The molecule has 2 aliphatic rings. The molecule has 1 atom stereocenters. The van der Waals surface area contributed by atoms with Crippen LogP contribution in [0.1, 0.15) is 18.5 Å². The van der Waals surface area contributed by atoms with E-state index < -0.39 is 17.5 Å². The van der Waals surface area contributed by atoms with Crippen molar-refractivity contribution < 1.29 is 18.8 Å². The number of halogens is 1. The normalized spacial score (nSPS) is 21.4. The van der Waals surface area contributed by atoms with Gasteiger partial charge in [0.15, 0.2) is 5.54 Å². The van der Waals surface area contributed by atoms with E-state index in [2.05, 4.69) is 15.6 Å². The Hall–Kier alpha value is -3.49. The van der Waals surface area contributed by atoms with Crippen LogP contribution in [0.4, 0.5) is 14.9 Å². The van der Waals surface area contributed by atoms with Crippen molar-refractivity contribution in [3.05, 3.63) is 60.2 Å². The number of piperazine rings is 1. The van der Waals surface area contributed by atoms with Crippen molar-refractivity contribution >= 4 is 23.5 Å². The molecule has 2 fully saturated rings. The lowest BCUT2D eigenvalue weighted by Crippen LogP contribution is -2.50. The first-order valence-electron chi connectivity index (χ1n) is 9.81. The Kier molecular flexibility index (Phi) is 5.35. The van der Waals surface area contributed by atoms with Crippen molar-refractivity contribution in [3.8, 4) is 0 Å². The number of urea groups is 1. The lowest BCUT2D eigenvalue weighted by Gasteiger charge is -2.36. The zero-order valence-corrected chi connectivity index (χ0v) is 16.3. The van der Waals surface area contributed by atoms with Gasteiger partial charge in [-0.1, -0.05) is 12.1 Å². The molecular formula is C21H22FN5O3. The number of benzene rings is 1. The summed E-state index contributed by atoms with van der Waals surface area (Å²) in [5, 5.41) is 4.90. The van der Waals surface area contributed by atoms with Crippen molar-refractivity contribution in [3.63, 3.8) is 0 Å². The highest BCUT2D eigenvalue weighted by Gasteiger charge is 2.48. The molecule has 0 spiro atoms. The molecule has 0 radical (unpaired) electrons. The first-order valence-corrected chi connectivity index (χ1v) is 9.81. The predicted octanol–water partition coefficient (Wildman–Crippen LogP) is 1.38. The first kappa shape index (κ1) is 19.8. The maximum atomic E-state index is 13.5. The van der Waals surface area contributed by atoms with E-state index in [9.17, 15) is 18.8 Å². The van der Waals surface area contributed by atoms with Crippen LogP contribution < -0.4 is 15.5 Å². The van der Waals surface area contributed by atoms with Crippen LogP contribution in [0, 0.1) is 5.82 Å². The molecule has 0 aliphatic carbocycles. The fourth-order valence-electron chi connectivity index (χ4n) is 3.93. The fraction of sp³-hybridized carbons (Fsp3) is 0.333. The maximum Gasteiger partial charge on any atom is 0.322 e. The van der Waals surface area contributed by atoms with E-state index in [1.807, 2.05) is 11.0 Å². The number of carbonyl (C=O) groups is 3. The van der Waals surface area contributed by atoms with Gasteiger partial charge in [0.1, 0.15) is 5.82 Å². The second-order valence-corrected chi connectivity index (χ2v) is 7.38. The van der Waals surface area contributed by atoms with Crippen LogP contribution in [0.5, 0.6) is 0 Å². The van der Waals surface area contributed by atoms with Gasteiger partial charge in [-0.2, -0.15) is 0 Å². The monoisotopic (exact) mass is 411 g/mol. The Labute approximate surface area is 173 Å². The lowest BCUT2D eigenvalue weighted by atomic mass is 9.89. The molecular weight excluding hydrogens is 389 g/mol. The quantitative estimate of drug-likeness (QED) is 0.725. The summed E-state index contributed by atoms with van der Waals surface area (Å²) in [7, 11) is 0. The van der Waals surface area contributed by atoms with Gasteiger partial charge in [0.2, 0.25) is 5.91 Å². The van der Waals surface area contributed by atoms with Gasteiger partial charge < -0.3 is 15.1 Å². The van der Waals surface area contributed by atoms with Crippen LogP contribution in [0.2, 0.25) is 0 Å². The van der Waals surface area contributed by atoms with Gasteiger partial charge in [-0.3, -0.25) is 19.9 Å². The van der Waals surface area contributed by atoms with E-state index >= 15 is 0 Å². The number of carbonyl (C=O) groups excluding carboxylic acids is 3. The summed E-state index contributed by atoms with van der Waals surface area (Å²) in [5.41, 5.74) is -0.157. The molecule has 0 bridgehead atoms. The minimum Gasteiger partial charge on any atom is -0.368 e. The number of pyridine rings is 1. The minimum absolute atomic E-state index is 0.0875. The SMILES string of the molecule is O=C1NC(=O)[C@](CCC(=O)N2CCN(c3cccc(F)c3)CC2)(c2ccccn2)N1.